The van der Waals surface area contributed by atoms with Crippen LogP contribution in [-0.2, 0) is 19.8 Å². The highest BCUT2D eigenvalue weighted by Crippen LogP contribution is 2.48. The zero-order valence-corrected chi connectivity index (χ0v) is 17.6. The van der Waals surface area contributed by atoms with Gasteiger partial charge in [-0.15, -0.1) is 0 Å². The number of carbonyl (C=O) groups excluding carboxylic acids is 2. The zero-order chi connectivity index (χ0) is 20.3. The summed E-state index contributed by atoms with van der Waals surface area (Å²) in [6.07, 6.45) is 5.35. The van der Waals surface area contributed by atoms with Gasteiger partial charge >= 0.3 is 0 Å². The number of likely N-dealkylation sites (tertiary alicyclic amines) is 1. The normalized spacial score (nSPS) is 23.8. The number of piperidine rings is 1. The molecule has 1 atom stereocenters. The predicted molar refractivity (Wildman–Crippen MR) is 111 cm³/mol. The van der Waals surface area contributed by atoms with Crippen LogP contribution in [0.5, 0.6) is 0 Å². The molecule has 1 N–H and O–H groups in total. The van der Waals surface area contributed by atoms with Crippen molar-refractivity contribution in [3.05, 3.63) is 34.9 Å². The monoisotopic (exact) mass is 419 g/mol. The number of amides is 2. The Bertz CT molecular complexity index is 729. The lowest BCUT2D eigenvalue weighted by Gasteiger charge is -2.33. The Kier molecular flexibility index (Phi) is 6.42. The summed E-state index contributed by atoms with van der Waals surface area (Å²) in [6, 6.07) is 7.62. The van der Waals surface area contributed by atoms with E-state index < -0.39 is 0 Å². The molecule has 3 fully saturated rings. The number of nitrogens with one attached hydrogen (secondary N) is 1. The van der Waals surface area contributed by atoms with E-state index in [1.54, 1.807) is 0 Å². The summed E-state index contributed by atoms with van der Waals surface area (Å²) in [4.78, 5) is 32.9. The minimum Gasteiger partial charge on any atom is -0.355 e. The first-order chi connectivity index (χ1) is 14.1. The van der Waals surface area contributed by atoms with E-state index in [0.29, 0.717) is 30.5 Å². The van der Waals surface area contributed by atoms with E-state index in [9.17, 15) is 9.59 Å². The number of halogens is 1. The highest BCUT2D eigenvalue weighted by molar-refractivity contribution is 6.30. The maximum absolute atomic E-state index is 12.9. The molecule has 3 aliphatic rings. The summed E-state index contributed by atoms with van der Waals surface area (Å²) < 4.78 is 0. The molecular weight excluding hydrogens is 390 g/mol. The number of hydrogen-bond acceptors (Lipinski definition) is 4. The molecule has 0 spiro atoms. The molecule has 7 heteroatoms. The van der Waals surface area contributed by atoms with Gasteiger partial charge < -0.3 is 10.2 Å². The second-order valence-corrected chi connectivity index (χ2v) is 8.95. The quantitative estimate of drug-likeness (QED) is 0.738. The van der Waals surface area contributed by atoms with Crippen LogP contribution < -0.4 is 5.32 Å². The largest absolute Gasteiger partial charge is 0.355 e. The first-order valence-electron chi connectivity index (χ1n) is 10.8. The Hall–Kier alpha value is -1.63. The Balaban J connectivity index is 1.24. The molecule has 4 rings (SSSR count). The van der Waals surface area contributed by atoms with Crippen LogP contribution >= 0.6 is 11.6 Å². The van der Waals surface area contributed by atoms with Crippen LogP contribution in [0, 0.1) is 5.92 Å². The van der Waals surface area contributed by atoms with E-state index in [1.807, 2.05) is 34.2 Å². The highest BCUT2D eigenvalue weighted by Gasteiger charge is 2.51. The molecule has 0 aromatic heterocycles. The minimum atomic E-state index is -0.384. The van der Waals surface area contributed by atoms with Crippen molar-refractivity contribution in [2.24, 2.45) is 5.92 Å². The second kappa shape index (κ2) is 9.02. The van der Waals surface area contributed by atoms with Gasteiger partial charge in [-0.2, -0.15) is 5.06 Å². The number of carbonyl (C=O) groups is 2. The van der Waals surface area contributed by atoms with Crippen LogP contribution in [0.3, 0.4) is 0 Å². The van der Waals surface area contributed by atoms with Crippen LogP contribution in [-0.4, -0.2) is 61.1 Å². The number of nitrogens with zero attached hydrogens (tertiary/aromatic N) is 2. The third-order valence-corrected chi connectivity index (χ3v) is 6.66. The van der Waals surface area contributed by atoms with Crippen molar-refractivity contribution in [3.63, 3.8) is 0 Å². The van der Waals surface area contributed by atoms with E-state index in [4.69, 9.17) is 16.4 Å². The van der Waals surface area contributed by atoms with Gasteiger partial charge in [0.25, 0.3) is 0 Å². The molecule has 0 radical (unpaired) electrons. The number of hydroxylamine groups is 2. The number of hydrogen-bond donors (Lipinski definition) is 1. The fraction of sp³-hybridized carbons (Fsp3) is 0.636. The smallest absolute Gasteiger partial charge is 0.230 e. The molecule has 158 valence electrons. The van der Waals surface area contributed by atoms with Crippen molar-refractivity contribution in [2.45, 2.75) is 43.9 Å². The van der Waals surface area contributed by atoms with Gasteiger partial charge in [-0.3, -0.25) is 14.4 Å². The molecule has 2 amide bonds. The van der Waals surface area contributed by atoms with Crippen LogP contribution in [0.2, 0.25) is 5.02 Å². The lowest BCUT2D eigenvalue weighted by atomic mass is 9.93. The lowest BCUT2D eigenvalue weighted by Crippen LogP contribution is -2.45. The van der Waals surface area contributed by atoms with Gasteiger partial charge in [-0.1, -0.05) is 23.7 Å². The molecule has 6 nitrogen and oxygen atoms in total. The summed E-state index contributed by atoms with van der Waals surface area (Å²) in [7, 11) is 0. The molecular formula is C22H30ClN3O3. The molecule has 0 unspecified atom stereocenters. The standard InChI is InChI=1S/C22H30ClN3O3/c23-19-6-4-18(5-7-19)22(9-10-22)21(28)24-15-17-3-1-11-25(16-17)20(27)8-13-26-12-2-14-29-26/h4-7,17H,1-3,8-16H2,(H,24,28)/t17-/m0/s1. The lowest BCUT2D eigenvalue weighted by molar-refractivity contribution is -0.140. The van der Waals surface area contributed by atoms with Crippen LogP contribution in [0.4, 0.5) is 0 Å². The Morgan fingerprint density at radius 3 is 2.66 bits per heavy atom. The van der Waals surface area contributed by atoms with E-state index in [-0.39, 0.29) is 17.2 Å². The molecule has 2 aliphatic heterocycles. The summed E-state index contributed by atoms with van der Waals surface area (Å²) in [5, 5.41) is 5.75. The van der Waals surface area contributed by atoms with E-state index >= 15 is 0 Å². The molecule has 1 aromatic carbocycles. The van der Waals surface area contributed by atoms with Crippen LogP contribution in [0.1, 0.15) is 44.1 Å². The first kappa shape index (κ1) is 20.6. The summed E-state index contributed by atoms with van der Waals surface area (Å²) in [5.74, 6) is 0.617. The highest BCUT2D eigenvalue weighted by atomic mass is 35.5. The summed E-state index contributed by atoms with van der Waals surface area (Å²) >= 11 is 5.98. The predicted octanol–water partition coefficient (Wildman–Crippen LogP) is 2.75. The van der Waals surface area contributed by atoms with Crippen molar-refractivity contribution in [3.8, 4) is 0 Å². The third-order valence-electron chi connectivity index (χ3n) is 6.41. The van der Waals surface area contributed by atoms with Gasteiger partial charge in [0, 0.05) is 44.2 Å². The molecule has 1 saturated carbocycles. The molecule has 1 aliphatic carbocycles. The number of benzene rings is 1. The topological polar surface area (TPSA) is 61.9 Å². The van der Waals surface area contributed by atoms with Gasteiger partial charge in [0.15, 0.2) is 0 Å². The van der Waals surface area contributed by atoms with Crippen molar-refractivity contribution in [1.82, 2.24) is 15.3 Å². The maximum atomic E-state index is 12.9. The third kappa shape index (κ3) is 4.93. The van der Waals surface area contributed by atoms with Crippen molar-refractivity contribution >= 4 is 23.4 Å². The first-order valence-corrected chi connectivity index (χ1v) is 11.1. The molecule has 0 bridgehead atoms. The van der Waals surface area contributed by atoms with Crippen molar-refractivity contribution < 1.29 is 14.4 Å². The summed E-state index contributed by atoms with van der Waals surface area (Å²) in [6.45, 7) is 4.52. The Labute approximate surface area is 177 Å². The average molecular weight is 420 g/mol. The van der Waals surface area contributed by atoms with E-state index in [2.05, 4.69) is 5.32 Å². The van der Waals surface area contributed by atoms with Gasteiger partial charge in [-0.05, 0) is 55.7 Å². The summed E-state index contributed by atoms with van der Waals surface area (Å²) in [5.41, 5.74) is 0.661. The van der Waals surface area contributed by atoms with Crippen LogP contribution in [0.15, 0.2) is 24.3 Å². The Morgan fingerprint density at radius 1 is 1.17 bits per heavy atom. The molecule has 2 saturated heterocycles. The van der Waals surface area contributed by atoms with E-state index in [1.165, 1.54) is 0 Å². The number of rotatable bonds is 7. The van der Waals surface area contributed by atoms with Gasteiger partial charge in [-0.25, -0.2) is 0 Å². The fourth-order valence-corrected chi connectivity index (χ4v) is 4.59. The maximum Gasteiger partial charge on any atom is 0.230 e. The van der Waals surface area contributed by atoms with Crippen LogP contribution in [0.25, 0.3) is 0 Å². The van der Waals surface area contributed by atoms with Crippen molar-refractivity contribution in [1.29, 1.82) is 0 Å². The van der Waals surface area contributed by atoms with E-state index in [0.717, 1.165) is 63.9 Å². The molecule has 29 heavy (non-hydrogen) atoms. The molecule has 2 heterocycles. The second-order valence-electron chi connectivity index (χ2n) is 8.51. The Morgan fingerprint density at radius 2 is 1.97 bits per heavy atom. The SMILES string of the molecule is O=C(CCN1CCCO1)N1CCC[C@@H](CNC(=O)C2(c3ccc(Cl)cc3)CC2)C1. The van der Waals surface area contributed by atoms with Gasteiger partial charge in [0.1, 0.15) is 0 Å². The zero-order valence-electron chi connectivity index (χ0n) is 16.9. The van der Waals surface area contributed by atoms with Gasteiger partial charge in [0.05, 0.1) is 12.0 Å². The fourth-order valence-electron chi connectivity index (χ4n) is 4.46. The molecule has 1 aromatic rings. The minimum absolute atomic E-state index is 0.106. The average Bonchev–Trinajstić information content (AvgIpc) is 3.39. The van der Waals surface area contributed by atoms with Gasteiger partial charge in [0.2, 0.25) is 11.8 Å². The van der Waals surface area contributed by atoms with Crippen molar-refractivity contribution in [2.75, 3.05) is 39.3 Å².